The Kier molecular flexibility index (Phi) is 5.02. The van der Waals surface area contributed by atoms with Crippen LogP contribution in [0.25, 0.3) is 11.3 Å². The summed E-state index contributed by atoms with van der Waals surface area (Å²) in [7, 11) is -1.94. The zero-order chi connectivity index (χ0) is 15.5. The zero-order valence-corrected chi connectivity index (χ0v) is 12.8. The fourth-order valence-corrected chi connectivity index (χ4v) is 4.09. The van der Waals surface area contributed by atoms with Crippen molar-refractivity contribution in [2.45, 2.75) is 5.75 Å². The van der Waals surface area contributed by atoms with Crippen molar-refractivity contribution in [2.75, 3.05) is 19.5 Å². The van der Waals surface area contributed by atoms with Gasteiger partial charge in [-0.25, -0.2) is 22.2 Å². The van der Waals surface area contributed by atoms with E-state index in [4.69, 9.17) is 4.74 Å². The largest absolute Gasteiger partial charge is 0.384 e. The second kappa shape index (κ2) is 6.59. The molecule has 0 atom stereocenters. The van der Waals surface area contributed by atoms with E-state index >= 15 is 0 Å². The van der Waals surface area contributed by atoms with Gasteiger partial charge in [-0.15, -0.1) is 11.3 Å². The Hall–Kier alpha value is -1.38. The summed E-state index contributed by atoms with van der Waals surface area (Å²) >= 11 is 1.06. The van der Waals surface area contributed by atoms with E-state index in [-0.39, 0.29) is 29.4 Å². The van der Waals surface area contributed by atoms with Crippen molar-refractivity contribution in [1.82, 2.24) is 4.98 Å². The second-order valence-electron chi connectivity index (χ2n) is 4.31. The van der Waals surface area contributed by atoms with Gasteiger partial charge in [0.1, 0.15) is 22.4 Å². The first kappa shape index (κ1) is 16.0. The summed E-state index contributed by atoms with van der Waals surface area (Å²) in [6.07, 6.45) is 0. The molecule has 21 heavy (non-hydrogen) atoms. The minimum Gasteiger partial charge on any atom is -0.384 e. The van der Waals surface area contributed by atoms with Crippen LogP contribution in [0.1, 0.15) is 5.01 Å². The molecule has 4 nitrogen and oxygen atoms in total. The Labute approximate surface area is 125 Å². The van der Waals surface area contributed by atoms with Crippen molar-refractivity contribution in [2.24, 2.45) is 0 Å². The molecule has 0 fully saturated rings. The summed E-state index contributed by atoms with van der Waals surface area (Å²) in [4.78, 5) is 4.01. The SMILES string of the molecule is COCCS(=O)(=O)Cc1nc(-c2c(F)cccc2F)cs1. The summed E-state index contributed by atoms with van der Waals surface area (Å²) in [5.74, 6) is -1.84. The van der Waals surface area contributed by atoms with Crippen LogP contribution in [0.5, 0.6) is 0 Å². The highest BCUT2D eigenvalue weighted by molar-refractivity contribution is 7.90. The van der Waals surface area contributed by atoms with Crippen LogP contribution in [0.3, 0.4) is 0 Å². The van der Waals surface area contributed by atoms with Crippen LogP contribution in [0.2, 0.25) is 0 Å². The molecule has 0 bridgehead atoms. The van der Waals surface area contributed by atoms with E-state index in [1.807, 2.05) is 0 Å². The van der Waals surface area contributed by atoms with E-state index in [1.165, 1.54) is 18.6 Å². The van der Waals surface area contributed by atoms with Crippen molar-refractivity contribution in [3.05, 3.63) is 40.2 Å². The summed E-state index contributed by atoms with van der Waals surface area (Å²) in [5.41, 5.74) is -0.137. The van der Waals surface area contributed by atoms with Gasteiger partial charge in [0.25, 0.3) is 0 Å². The summed E-state index contributed by atoms with van der Waals surface area (Å²) in [5, 5.41) is 1.74. The molecule has 1 aromatic carbocycles. The average molecular weight is 333 g/mol. The number of sulfone groups is 1. The van der Waals surface area contributed by atoms with Gasteiger partial charge in [0, 0.05) is 12.5 Å². The number of halogens is 2. The van der Waals surface area contributed by atoms with Crippen molar-refractivity contribution in [3.63, 3.8) is 0 Å². The second-order valence-corrected chi connectivity index (χ2v) is 7.43. The van der Waals surface area contributed by atoms with Crippen LogP contribution in [0, 0.1) is 11.6 Å². The molecule has 2 aromatic rings. The first-order chi connectivity index (χ1) is 9.93. The molecule has 0 amide bonds. The molecule has 0 radical (unpaired) electrons. The van der Waals surface area contributed by atoms with Gasteiger partial charge in [0.15, 0.2) is 9.84 Å². The van der Waals surface area contributed by atoms with E-state index in [9.17, 15) is 17.2 Å². The Morgan fingerprint density at radius 2 is 1.95 bits per heavy atom. The maximum absolute atomic E-state index is 13.6. The topological polar surface area (TPSA) is 56.3 Å². The number of hydrogen-bond donors (Lipinski definition) is 0. The smallest absolute Gasteiger partial charge is 0.159 e. The fourth-order valence-electron chi connectivity index (χ4n) is 1.71. The molecule has 0 spiro atoms. The highest BCUT2D eigenvalue weighted by Gasteiger charge is 2.18. The van der Waals surface area contributed by atoms with Crippen LogP contribution in [0.15, 0.2) is 23.6 Å². The molecule has 114 valence electrons. The minimum absolute atomic E-state index is 0.0997. The van der Waals surface area contributed by atoms with Crippen LogP contribution < -0.4 is 0 Å². The molecule has 1 heterocycles. The van der Waals surface area contributed by atoms with Gasteiger partial charge in [0.05, 0.1) is 23.6 Å². The van der Waals surface area contributed by atoms with Crippen LogP contribution >= 0.6 is 11.3 Å². The van der Waals surface area contributed by atoms with E-state index in [2.05, 4.69) is 4.98 Å². The van der Waals surface area contributed by atoms with Crippen LogP contribution in [-0.4, -0.2) is 32.9 Å². The number of benzene rings is 1. The summed E-state index contributed by atoms with van der Waals surface area (Å²) < 4.78 is 55.6. The van der Waals surface area contributed by atoms with Crippen molar-refractivity contribution >= 4 is 21.2 Å². The Morgan fingerprint density at radius 1 is 1.29 bits per heavy atom. The van der Waals surface area contributed by atoms with Gasteiger partial charge in [-0.05, 0) is 12.1 Å². The number of methoxy groups -OCH3 is 1. The number of ether oxygens (including phenoxy) is 1. The Morgan fingerprint density at radius 3 is 2.57 bits per heavy atom. The van der Waals surface area contributed by atoms with Gasteiger partial charge in [-0.1, -0.05) is 6.07 Å². The third-order valence-electron chi connectivity index (χ3n) is 2.71. The zero-order valence-electron chi connectivity index (χ0n) is 11.2. The number of hydrogen-bond acceptors (Lipinski definition) is 5. The lowest BCUT2D eigenvalue weighted by atomic mass is 10.1. The monoisotopic (exact) mass is 333 g/mol. The van der Waals surface area contributed by atoms with Gasteiger partial charge in [-0.3, -0.25) is 0 Å². The summed E-state index contributed by atoms with van der Waals surface area (Å²) in [6, 6.07) is 3.52. The molecule has 0 aliphatic rings. The maximum Gasteiger partial charge on any atom is 0.159 e. The van der Waals surface area contributed by atoms with E-state index in [1.54, 1.807) is 0 Å². The van der Waals surface area contributed by atoms with Crippen molar-refractivity contribution in [3.8, 4) is 11.3 Å². The minimum atomic E-state index is -3.35. The molecule has 0 saturated heterocycles. The lowest BCUT2D eigenvalue weighted by Gasteiger charge is -2.02. The number of nitrogens with zero attached hydrogens (tertiary/aromatic N) is 1. The molecule has 0 saturated carbocycles. The fraction of sp³-hybridized carbons (Fsp3) is 0.308. The molecule has 8 heteroatoms. The predicted octanol–water partition coefficient (Wildman–Crippen LogP) is 2.65. The lowest BCUT2D eigenvalue weighted by molar-refractivity contribution is 0.217. The van der Waals surface area contributed by atoms with Crippen LogP contribution in [0.4, 0.5) is 8.78 Å². The molecule has 0 aliphatic heterocycles. The molecular formula is C13H13F2NO3S2. The first-order valence-corrected chi connectivity index (χ1v) is 8.71. The van der Waals surface area contributed by atoms with Gasteiger partial charge < -0.3 is 4.74 Å². The molecule has 0 aliphatic carbocycles. The van der Waals surface area contributed by atoms with E-state index < -0.39 is 21.5 Å². The van der Waals surface area contributed by atoms with Gasteiger partial charge in [-0.2, -0.15) is 0 Å². The molecular weight excluding hydrogens is 320 g/mol. The average Bonchev–Trinajstić information content (AvgIpc) is 2.83. The Balaban J connectivity index is 2.23. The summed E-state index contributed by atoms with van der Waals surface area (Å²) in [6.45, 7) is 0.0997. The van der Waals surface area contributed by atoms with Crippen molar-refractivity contribution in [1.29, 1.82) is 0 Å². The molecule has 1 aromatic heterocycles. The molecule has 0 unspecified atom stereocenters. The van der Waals surface area contributed by atoms with Gasteiger partial charge in [0.2, 0.25) is 0 Å². The molecule has 0 N–H and O–H groups in total. The number of thiazole rings is 1. The third-order valence-corrected chi connectivity index (χ3v) is 5.25. The standard InChI is InChI=1S/C13H13F2NO3S2/c1-19-5-6-21(17,18)8-12-16-11(7-20-12)13-9(14)3-2-4-10(13)15/h2-4,7H,5-6,8H2,1H3. The predicted molar refractivity (Wildman–Crippen MR) is 76.8 cm³/mol. The number of rotatable bonds is 6. The highest BCUT2D eigenvalue weighted by atomic mass is 32.2. The van der Waals surface area contributed by atoms with E-state index in [0.717, 1.165) is 23.5 Å². The quantitative estimate of drug-likeness (QED) is 0.815. The van der Waals surface area contributed by atoms with Crippen molar-refractivity contribution < 1.29 is 21.9 Å². The lowest BCUT2D eigenvalue weighted by Crippen LogP contribution is -2.13. The molecule has 2 rings (SSSR count). The van der Waals surface area contributed by atoms with Crippen LogP contribution in [-0.2, 0) is 20.3 Å². The third kappa shape index (κ3) is 4.05. The van der Waals surface area contributed by atoms with E-state index in [0.29, 0.717) is 5.01 Å². The number of aromatic nitrogens is 1. The van der Waals surface area contributed by atoms with Gasteiger partial charge >= 0.3 is 0 Å². The first-order valence-electron chi connectivity index (χ1n) is 6.01. The normalized spacial score (nSPS) is 11.8. The highest BCUT2D eigenvalue weighted by Crippen LogP contribution is 2.27. The maximum atomic E-state index is 13.6. The Bertz CT molecular complexity index is 709.